The molecule has 0 radical (unpaired) electrons. The summed E-state index contributed by atoms with van der Waals surface area (Å²) in [4.78, 5) is 5.61. The minimum atomic E-state index is -0.101. The van der Waals surface area contributed by atoms with Crippen LogP contribution in [-0.2, 0) is 0 Å². The fourth-order valence-electron chi connectivity index (χ4n) is 7.24. The van der Waals surface area contributed by atoms with Gasteiger partial charge in [0, 0.05) is 11.3 Å². The quantitative estimate of drug-likeness (QED) is 0.124. The van der Waals surface area contributed by atoms with Crippen molar-refractivity contribution in [2.45, 2.75) is 117 Å². The fraction of sp³-hybridized carbons (Fsp3) is 0.400. The highest BCUT2D eigenvalue weighted by Crippen LogP contribution is 2.41. The number of benzene rings is 4. The number of rotatable bonds is 14. The maximum absolute atomic E-state index is 5.61. The third-order valence-electron chi connectivity index (χ3n) is 9.90. The number of hydrogen-bond donors (Lipinski definition) is 1. The summed E-state index contributed by atoms with van der Waals surface area (Å²) in [5, 5.41) is 6.69. The molecule has 0 aliphatic rings. The first-order chi connectivity index (χ1) is 22.7. The number of unbranched alkanes of at least 4 members (excludes halogenated alkanes) is 3. The average molecular weight is 625 g/mol. The van der Waals surface area contributed by atoms with E-state index < -0.39 is 0 Å². The lowest BCUT2D eigenvalue weighted by atomic mass is 9.86. The second-order valence-electron chi connectivity index (χ2n) is 14.4. The lowest BCUT2D eigenvalue weighted by Crippen LogP contribution is -2.19. The van der Waals surface area contributed by atoms with E-state index in [-0.39, 0.29) is 6.04 Å². The molecule has 47 heavy (non-hydrogen) atoms. The molecule has 2 heteroatoms. The molecule has 1 N–H and O–H groups in total. The highest BCUT2D eigenvalue weighted by molar-refractivity contribution is 5.97. The lowest BCUT2D eigenvalue weighted by molar-refractivity contribution is 0.581. The molecule has 0 aliphatic heterocycles. The molecular formula is C45H56N2. The van der Waals surface area contributed by atoms with Crippen molar-refractivity contribution in [3.63, 3.8) is 0 Å². The third kappa shape index (κ3) is 7.81. The molecule has 5 rings (SSSR count). The summed E-state index contributed by atoms with van der Waals surface area (Å²) in [6.07, 6.45) is 6.34. The van der Waals surface area contributed by atoms with Gasteiger partial charge in [-0.25, -0.2) is 0 Å². The van der Waals surface area contributed by atoms with Gasteiger partial charge in [-0.05, 0) is 80.8 Å². The molecule has 2 unspecified atom stereocenters. The Morgan fingerprint density at radius 3 is 1.85 bits per heavy atom. The van der Waals surface area contributed by atoms with Crippen LogP contribution in [0.4, 0.5) is 5.69 Å². The summed E-state index contributed by atoms with van der Waals surface area (Å²) in [6.45, 7) is 18.5. The molecule has 4 aromatic carbocycles. The molecule has 2 atom stereocenters. The van der Waals surface area contributed by atoms with Crippen molar-refractivity contribution in [3.8, 4) is 11.3 Å². The van der Waals surface area contributed by atoms with Crippen molar-refractivity contribution in [3.05, 3.63) is 131 Å². The summed E-state index contributed by atoms with van der Waals surface area (Å²) < 4.78 is 0. The highest BCUT2D eigenvalue weighted by Gasteiger charge is 2.25. The first kappa shape index (κ1) is 34.4. The second-order valence-corrected chi connectivity index (χ2v) is 14.4. The Bertz CT molecular complexity index is 1740. The zero-order chi connectivity index (χ0) is 33.5. The molecule has 0 saturated heterocycles. The van der Waals surface area contributed by atoms with Crippen molar-refractivity contribution in [1.82, 2.24) is 4.98 Å². The van der Waals surface area contributed by atoms with E-state index in [4.69, 9.17) is 4.98 Å². The van der Waals surface area contributed by atoms with E-state index in [1.165, 1.54) is 81.9 Å². The van der Waals surface area contributed by atoms with Gasteiger partial charge in [0.1, 0.15) is 0 Å². The molecular weight excluding hydrogens is 569 g/mol. The van der Waals surface area contributed by atoms with Crippen molar-refractivity contribution in [2.24, 2.45) is 0 Å². The Morgan fingerprint density at radius 1 is 0.553 bits per heavy atom. The third-order valence-corrected chi connectivity index (χ3v) is 9.90. The van der Waals surface area contributed by atoms with Crippen LogP contribution in [0.5, 0.6) is 0 Å². The smallest absolute Gasteiger partial charge is 0.0943 e. The molecule has 0 fully saturated rings. The number of nitrogens with one attached hydrogen (secondary N) is 1. The van der Waals surface area contributed by atoms with Crippen LogP contribution in [0.2, 0.25) is 0 Å². The van der Waals surface area contributed by atoms with Gasteiger partial charge in [0.25, 0.3) is 0 Å². The molecule has 1 aromatic heterocycles. The van der Waals surface area contributed by atoms with Gasteiger partial charge in [0.15, 0.2) is 0 Å². The van der Waals surface area contributed by atoms with Gasteiger partial charge in [-0.15, -0.1) is 0 Å². The molecule has 1 heterocycles. The van der Waals surface area contributed by atoms with Crippen LogP contribution in [0.3, 0.4) is 0 Å². The first-order valence-electron chi connectivity index (χ1n) is 18.2. The van der Waals surface area contributed by atoms with Crippen molar-refractivity contribution < 1.29 is 0 Å². The van der Waals surface area contributed by atoms with Crippen LogP contribution in [-0.4, -0.2) is 4.98 Å². The summed E-state index contributed by atoms with van der Waals surface area (Å²) in [5.74, 6) is 1.64. The van der Waals surface area contributed by atoms with E-state index in [0.717, 1.165) is 11.4 Å². The average Bonchev–Trinajstić information content (AvgIpc) is 3.08. The molecule has 5 aromatic rings. The summed E-state index contributed by atoms with van der Waals surface area (Å²) in [6, 6.07) is 35.8. The van der Waals surface area contributed by atoms with Crippen molar-refractivity contribution >= 4 is 16.5 Å². The number of nitrogens with zero attached hydrogens (tertiary/aromatic N) is 1. The highest BCUT2D eigenvalue weighted by atomic mass is 15.0. The molecule has 0 saturated carbocycles. The van der Waals surface area contributed by atoms with Crippen LogP contribution in [0, 0.1) is 0 Å². The number of anilines is 1. The molecule has 246 valence electrons. The first-order valence-corrected chi connectivity index (χ1v) is 18.2. The van der Waals surface area contributed by atoms with Gasteiger partial charge in [-0.3, -0.25) is 4.98 Å². The zero-order valence-electron chi connectivity index (χ0n) is 30.1. The molecule has 0 bridgehead atoms. The number of fused-ring (bicyclic) bond motifs is 1. The van der Waals surface area contributed by atoms with E-state index in [2.05, 4.69) is 158 Å². The van der Waals surface area contributed by atoms with E-state index in [9.17, 15) is 0 Å². The predicted molar refractivity (Wildman–Crippen MR) is 205 cm³/mol. The van der Waals surface area contributed by atoms with Crippen LogP contribution in [0.1, 0.15) is 151 Å². The summed E-state index contributed by atoms with van der Waals surface area (Å²) >= 11 is 0. The van der Waals surface area contributed by atoms with Gasteiger partial charge in [0.2, 0.25) is 0 Å². The van der Waals surface area contributed by atoms with Gasteiger partial charge >= 0.3 is 0 Å². The number of pyridine rings is 1. The molecule has 0 aliphatic carbocycles. The maximum Gasteiger partial charge on any atom is 0.0943 e. The van der Waals surface area contributed by atoms with E-state index in [0.29, 0.717) is 23.7 Å². The van der Waals surface area contributed by atoms with E-state index in [1.807, 2.05) is 0 Å². The lowest BCUT2D eigenvalue weighted by Gasteiger charge is -2.29. The van der Waals surface area contributed by atoms with Crippen molar-refractivity contribution in [2.75, 3.05) is 5.32 Å². The monoisotopic (exact) mass is 624 g/mol. The summed E-state index contributed by atoms with van der Waals surface area (Å²) in [5.41, 5.74) is 11.4. The van der Waals surface area contributed by atoms with Crippen LogP contribution in [0.15, 0.2) is 97.1 Å². The maximum atomic E-state index is 5.61. The Kier molecular flexibility index (Phi) is 11.6. The van der Waals surface area contributed by atoms with Crippen molar-refractivity contribution in [1.29, 1.82) is 0 Å². The van der Waals surface area contributed by atoms with Crippen LogP contribution in [0.25, 0.3) is 22.0 Å². The largest absolute Gasteiger partial charge is 0.372 e. The Morgan fingerprint density at radius 2 is 1.17 bits per heavy atom. The van der Waals surface area contributed by atoms with Crippen LogP contribution >= 0.6 is 0 Å². The van der Waals surface area contributed by atoms with Crippen LogP contribution < -0.4 is 5.32 Å². The zero-order valence-corrected chi connectivity index (χ0v) is 30.1. The normalized spacial score (nSPS) is 13.1. The Labute approximate surface area is 285 Å². The van der Waals surface area contributed by atoms with Gasteiger partial charge in [0.05, 0.1) is 17.4 Å². The minimum absolute atomic E-state index is 0.101. The van der Waals surface area contributed by atoms with E-state index in [1.54, 1.807) is 0 Å². The Balaban J connectivity index is 1.70. The number of aromatic nitrogens is 1. The Hall–Kier alpha value is -3.91. The topological polar surface area (TPSA) is 24.9 Å². The molecule has 0 amide bonds. The number of para-hydroxylation sites is 1. The molecule has 2 nitrogen and oxygen atoms in total. The number of hydrogen-bond acceptors (Lipinski definition) is 2. The van der Waals surface area contributed by atoms with E-state index >= 15 is 0 Å². The standard InChI is InChI=1S/C45H56N2/c1-9-10-11-12-19-33(8)38-29-28-34-20-13-14-22-39(34)43(38)41-26-18-27-42(46-41)45(40-23-16-15-21-35(40)30(2)3)47-44-36(31(4)5)24-17-25-37(44)32(6)7/h13-18,20-33,45,47H,9-12,19H2,1-8H3. The second kappa shape index (κ2) is 15.8. The fourth-order valence-corrected chi connectivity index (χ4v) is 7.24. The van der Waals surface area contributed by atoms with Gasteiger partial charge in [-0.1, -0.05) is 166 Å². The predicted octanol–water partition coefficient (Wildman–Crippen LogP) is 13.5. The summed E-state index contributed by atoms with van der Waals surface area (Å²) in [7, 11) is 0. The van der Waals surface area contributed by atoms with Gasteiger partial charge in [-0.2, -0.15) is 0 Å². The minimum Gasteiger partial charge on any atom is -0.372 e. The molecule has 0 spiro atoms. The van der Waals surface area contributed by atoms with Gasteiger partial charge < -0.3 is 5.32 Å². The SMILES string of the molecule is CCCCCCC(C)c1ccc2ccccc2c1-c1cccc(C(Nc2c(C(C)C)cccc2C(C)C)c2ccccc2C(C)C)n1.